The fourth-order valence-corrected chi connectivity index (χ4v) is 2.38. The van der Waals surface area contributed by atoms with Crippen LogP contribution in [-0.4, -0.2) is 34.3 Å². The van der Waals surface area contributed by atoms with E-state index in [1.807, 2.05) is 11.8 Å². The molecule has 0 rings (SSSR count). The molecular weight excluding hydrogens is 218 g/mol. The molecule has 0 aliphatic rings. The number of nitrogens with one attached hydrogen (secondary N) is 1. The van der Waals surface area contributed by atoms with Crippen molar-refractivity contribution in [3.05, 3.63) is 0 Å². The summed E-state index contributed by atoms with van der Waals surface area (Å²) in [6, 6.07) is 0.934. The summed E-state index contributed by atoms with van der Waals surface area (Å²) >= 11 is 1.99. The smallest absolute Gasteiger partial charge is 0.0445 e. The van der Waals surface area contributed by atoms with Crippen molar-refractivity contribution >= 4 is 11.8 Å². The molecule has 0 spiro atoms. The Balaban J connectivity index is 3.95. The van der Waals surface area contributed by atoms with Crippen molar-refractivity contribution in [3.8, 4) is 0 Å². The standard InChI is InChI=1S/C13H29NOS/c1-10(2)12(7-8-15)14-11(3)9-16-13(4,5)6/h10-12,14-15H,7-9H2,1-6H3. The van der Waals surface area contributed by atoms with Crippen molar-refractivity contribution in [2.24, 2.45) is 5.92 Å². The maximum absolute atomic E-state index is 9.01. The molecule has 2 atom stereocenters. The van der Waals surface area contributed by atoms with Crippen LogP contribution in [0.5, 0.6) is 0 Å². The van der Waals surface area contributed by atoms with Gasteiger partial charge in [-0.2, -0.15) is 11.8 Å². The van der Waals surface area contributed by atoms with Crippen molar-refractivity contribution in [1.29, 1.82) is 0 Å². The third kappa shape index (κ3) is 8.43. The van der Waals surface area contributed by atoms with Crippen LogP contribution in [0.1, 0.15) is 48.0 Å². The van der Waals surface area contributed by atoms with Crippen LogP contribution in [0.2, 0.25) is 0 Å². The quantitative estimate of drug-likeness (QED) is 0.725. The number of hydrogen-bond acceptors (Lipinski definition) is 3. The van der Waals surface area contributed by atoms with Crippen molar-refractivity contribution in [2.45, 2.75) is 64.8 Å². The summed E-state index contributed by atoms with van der Waals surface area (Å²) in [5.74, 6) is 1.70. The first-order valence-electron chi connectivity index (χ1n) is 6.27. The average Bonchev–Trinajstić information content (AvgIpc) is 2.13. The zero-order valence-electron chi connectivity index (χ0n) is 11.7. The summed E-state index contributed by atoms with van der Waals surface area (Å²) in [6.07, 6.45) is 0.849. The van der Waals surface area contributed by atoms with E-state index in [-0.39, 0.29) is 6.61 Å². The van der Waals surface area contributed by atoms with Gasteiger partial charge in [0, 0.05) is 29.2 Å². The summed E-state index contributed by atoms with van der Waals surface area (Å²) in [6.45, 7) is 13.7. The highest BCUT2D eigenvalue weighted by atomic mass is 32.2. The van der Waals surface area contributed by atoms with E-state index in [0.717, 1.165) is 12.2 Å². The lowest BCUT2D eigenvalue weighted by Crippen LogP contribution is -2.42. The molecule has 0 heterocycles. The first-order chi connectivity index (χ1) is 7.26. The number of hydrogen-bond donors (Lipinski definition) is 2. The average molecular weight is 247 g/mol. The molecule has 0 saturated carbocycles. The molecule has 0 aromatic heterocycles. The van der Waals surface area contributed by atoms with E-state index >= 15 is 0 Å². The summed E-state index contributed by atoms with van der Waals surface area (Å²) < 4.78 is 0.334. The van der Waals surface area contributed by atoms with E-state index in [9.17, 15) is 0 Å². The van der Waals surface area contributed by atoms with E-state index < -0.39 is 0 Å². The maximum Gasteiger partial charge on any atom is 0.0445 e. The molecule has 3 heteroatoms. The van der Waals surface area contributed by atoms with Crippen LogP contribution >= 0.6 is 11.8 Å². The molecule has 0 radical (unpaired) electrons. The summed E-state index contributed by atoms with van der Waals surface area (Å²) in [5.41, 5.74) is 0. The molecule has 0 fully saturated rings. The molecule has 0 aromatic carbocycles. The van der Waals surface area contributed by atoms with Crippen molar-refractivity contribution in [2.75, 3.05) is 12.4 Å². The van der Waals surface area contributed by atoms with Gasteiger partial charge in [0.2, 0.25) is 0 Å². The van der Waals surface area contributed by atoms with Crippen LogP contribution in [0.4, 0.5) is 0 Å². The van der Waals surface area contributed by atoms with E-state index in [1.54, 1.807) is 0 Å². The van der Waals surface area contributed by atoms with Gasteiger partial charge >= 0.3 is 0 Å². The lowest BCUT2D eigenvalue weighted by Gasteiger charge is -2.27. The first-order valence-corrected chi connectivity index (χ1v) is 7.25. The fraction of sp³-hybridized carbons (Fsp3) is 1.00. The highest BCUT2D eigenvalue weighted by Gasteiger charge is 2.17. The monoisotopic (exact) mass is 247 g/mol. The second-order valence-corrected chi connectivity index (χ2v) is 7.70. The SMILES string of the molecule is CC(CSC(C)(C)C)NC(CCO)C(C)C. The van der Waals surface area contributed by atoms with Gasteiger partial charge in [-0.05, 0) is 19.3 Å². The third-order valence-corrected chi connectivity index (χ3v) is 4.04. The second kappa shape index (κ2) is 7.57. The molecule has 0 aromatic rings. The summed E-state index contributed by atoms with van der Waals surface area (Å²) in [5, 5.41) is 12.6. The molecule has 2 N–H and O–H groups in total. The van der Waals surface area contributed by atoms with Gasteiger partial charge in [-0.25, -0.2) is 0 Å². The van der Waals surface area contributed by atoms with Gasteiger partial charge in [-0.1, -0.05) is 34.6 Å². The van der Waals surface area contributed by atoms with Gasteiger partial charge in [0.1, 0.15) is 0 Å². The van der Waals surface area contributed by atoms with Gasteiger partial charge in [0.15, 0.2) is 0 Å². The number of thioether (sulfide) groups is 1. The predicted molar refractivity (Wildman–Crippen MR) is 75.1 cm³/mol. The minimum atomic E-state index is 0.273. The zero-order valence-corrected chi connectivity index (χ0v) is 12.5. The maximum atomic E-state index is 9.01. The topological polar surface area (TPSA) is 32.3 Å². The number of rotatable bonds is 7. The van der Waals surface area contributed by atoms with Crippen molar-refractivity contribution in [3.63, 3.8) is 0 Å². The summed E-state index contributed by atoms with van der Waals surface area (Å²) in [4.78, 5) is 0. The van der Waals surface area contributed by atoms with Gasteiger partial charge in [0.25, 0.3) is 0 Å². The largest absolute Gasteiger partial charge is 0.396 e. The van der Waals surface area contributed by atoms with Crippen LogP contribution in [-0.2, 0) is 0 Å². The number of aliphatic hydroxyl groups excluding tert-OH is 1. The highest BCUT2D eigenvalue weighted by molar-refractivity contribution is 8.00. The van der Waals surface area contributed by atoms with E-state index in [4.69, 9.17) is 5.11 Å². The van der Waals surface area contributed by atoms with E-state index in [2.05, 4.69) is 46.9 Å². The summed E-state index contributed by atoms with van der Waals surface area (Å²) in [7, 11) is 0. The van der Waals surface area contributed by atoms with Crippen LogP contribution < -0.4 is 5.32 Å². The molecule has 0 bridgehead atoms. The van der Waals surface area contributed by atoms with Gasteiger partial charge < -0.3 is 10.4 Å². The Bertz CT molecular complexity index is 177. The Hall–Kier alpha value is 0.270. The van der Waals surface area contributed by atoms with E-state index in [1.165, 1.54) is 0 Å². The van der Waals surface area contributed by atoms with Crippen LogP contribution in [0, 0.1) is 5.92 Å². The van der Waals surface area contributed by atoms with Crippen molar-refractivity contribution < 1.29 is 5.11 Å². The molecule has 0 aliphatic heterocycles. The van der Waals surface area contributed by atoms with Gasteiger partial charge in [-0.15, -0.1) is 0 Å². The minimum absolute atomic E-state index is 0.273. The molecule has 0 saturated heterocycles. The second-order valence-electron chi connectivity index (χ2n) is 5.85. The fourth-order valence-electron chi connectivity index (χ4n) is 1.54. The normalized spacial score (nSPS) is 16.5. The third-order valence-electron chi connectivity index (χ3n) is 2.51. The van der Waals surface area contributed by atoms with E-state index in [0.29, 0.717) is 22.7 Å². The Morgan fingerprint density at radius 3 is 2.12 bits per heavy atom. The molecular formula is C13H29NOS. The molecule has 2 nitrogen and oxygen atoms in total. The molecule has 0 aliphatic carbocycles. The lowest BCUT2D eigenvalue weighted by molar-refractivity contribution is 0.239. The van der Waals surface area contributed by atoms with Gasteiger partial charge in [0.05, 0.1) is 0 Å². The Labute approximate surface area is 106 Å². The van der Waals surface area contributed by atoms with Crippen LogP contribution in [0.25, 0.3) is 0 Å². The Kier molecular flexibility index (Phi) is 7.70. The predicted octanol–water partition coefficient (Wildman–Crippen LogP) is 2.90. The van der Waals surface area contributed by atoms with Gasteiger partial charge in [-0.3, -0.25) is 0 Å². The lowest BCUT2D eigenvalue weighted by atomic mass is 10.0. The van der Waals surface area contributed by atoms with Crippen LogP contribution in [0.3, 0.4) is 0 Å². The molecule has 16 heavy (non-hydrogen) atoms. The minimum Gasteiger partial charge on any atom is -0.396 e. The highest BCUT2D eigenvalue weighted by Crippen LogP contribution is 2.23. The molecule has 98 valence electrons. The molecule has 2 unspecified atom stereocenters. The molecule has 0 amide bonds. The Morgan fingerprint density at radius 2 is 1.75 bits per heavy atom. The first kappa shape index (κ1) is 16.3. The zero-order chi connectivity index (χ0) is 12.8. The number of aliphatic hydroxyl groups is 1. The van der Waals surface area contributed by atoms with Crippen LogP contribution in [0.15, 0.2) is 0 Å². The van der Waals surface area contributed by atoms with Crippen molar-refractivity contribution in [1.82, 2.24) is 5.32 Å². The Morgan fingerprint density at radius 1 is 1.19 bits per heavy atom.